The molecule has 1 aromatic carbocycles. The lowest BCUT2D eigenvalue weighted by molar-refractivity contribution is 0.0600. The van der Waals surface area contributed by atoms with Crippen LogP contribution in [0.3, 0.4) is 0 Å². The molecule has 1 N–H and O–H groups in total. The molecule has 9 nitrogen and oxygen atoms in total. The summed E-state index contributed by atoms with van der Waals surface area (Å²) in [4.78, 5) is 16.2. The van der Waals surface area contributed by atoms with Crippen LogP contribution in [0.4, 0.5) is 0 Å². The van der Waals surface area contributed by atoms with Gasteiger partial charge in [-0.15, -0.1) is 0 Å². The van der Waals surface area contributed by atoms with Gasteiger partial charge in [0.15, 0.2) is 6.61 Å². The van der Waals surface area contributed by atoms with Crippen molar-refractivity contribution >= 4 is 5.97 Å². The molecular weight excluding hydrogens is 362 g/mol. The first-order chi connectivity index (χ1) is 13.7. The summed E-state index contributed by atoms with van der Waals surface area (Å²) in [5.41, 5.74) is -0.0358. The van der Waals surface area contributed by atoms with Crippen molar-refractivity contribution < 1.29 is 18.8 Å². The summed E-state index contributed by atoms with van der Waals surface area (Å²) in [6.45, 7) is 1.81. The molecule has 0 atom stereocenters. The molecule has 0 bridgehead atoms. The number of carbonyl (C=O) groups is 1. The molecule has 1 aliphatic rings. The third-order valence-corrected chi connectivity index (χ3v) is 4.86. The second-order valence-corrected chi connectivity index (χ2v) is 6.56. The lowest BCUT2D eigenvalue weighted by atomic mass is 9.88. The smallest absolute Gasteiger partial charge is 0.337 e. The van der Waals surface area contributed by atoms with E-state index in [1.165, 1.54) is 7.11 Å². The van der Waals surface area contributed by atoms with Gasteiger partial charge in [0.25, 0.3) is 5.89 Å². The monoisotopic (exact) mass is 383 g/mol. The fourth-order valence-corrected chi connectivity index (χ4v) is 3.38. The minimum atomic E-state index is -0.454. The van der Waals surface area contributed by atoms with Crippen molar-refractivity contribution in [3.8, 4) is 5.75 Å². The molecule has 3 aromatic rings. The van der Waals surface area contributed by atoms with Crippen LogP contribution in [0.15, 0.2) is 47.2 Å². The van der Waals surface area contributed by atoms with Crippen LogP contribution >= 0.6 is 0 Å². The van der Waals surface area contributed by atoms with E-state index in [1.807, 2.05) is 16.9 Å². The minimum absolute atomic E-state index is 0.127. The van der Waals surface area contributed by atoms with Crippen LogP contribution in [0.5, 0.6) is 5.75 Å². The Kier molecular flexibility index (Phi) is 5.07. The molecule has 9 heteroatoms. The Labute approximate surface area is 161 Å². The number of rotatable bonds is 6. The Morgan fingerprint density at radius 3 is 2.93 bits per heavy atom. The molecule has 146 valence electrons. The van der Waals surface area contributed by atoms with Crippen LogP contribution in [-0.4, -0.2) is 46.1 Å². The Hall–Kier alpha value is -3.20. The van der Waals surface area contributed by atoms with Gasteiger partial charge in [-0.2, -0.15) is 10.1 Å². The molecule has 1 saturated heterocycles. The predicted octanol–water partition coefficient (Wildman–Crippen LogP) is 1.76. The summed E-state index contributed by atoms with van der Waals surface area (Å²) in [5.74, 6) is 1.07. The number of methoxy groups -OCH3 is 1. The summed E-state index contributed by atoms with van der Waals surface area (Å²) in [6, 6.07) is 8.65. The Morgan fingerprint density at radius 2 is 2.18 bits per heavy atom. The number of nitrogens with zero attached hydrogens (tertiary/aromatic N) is 4. The average molecular weight is 383 g/mol. The molecule has 2 aromatic heterocycles. The van der Waals surface area contributed by atoms with Gasteiger partial charge in [0.05, 0.1) is 12.7 Å². The maximum Gasteiger partial charge on any atom is 0.337 e. The first kappa shape index (κ1) is 18.2. The van der Waals surface area contributed by atoms with Crippen LogP contribution in [0.25, 0.3) is 0 Å². The van der Waals surface area contributed by atoms with E-state index in [-0.39, 0.29) is 6.61 Å². The molecule has 0 unspecified atom stereocenters. The third kappa shape index (κ3) is 3.48. The molecule has 3 heterocycles. The summed E-state index contributed by atoms with van der Waals surface area (Å²) in [5, 5.41) is 11.8. The Balaban J connectivity index is 1.51. The van der Waals surface area contributed by atoms with Crippen molar-refractivity contribution in [2.45, 2.75) is 25.0 Å². The van der Waals surface area contributed by atoms with E-state index in [1.54, 1.807) is 30.5 Å². The first-order valence-corrected chi connectivity index (χ1v) is 9.06. The largest absolute Gasteiger partial charge is 0.485 e. The van der Waals surface area contributed by atoms with Crippen LogP contribution in [0.1, 0.15) is 34.9 Å². The molecule has 0 spiro atoms. The molecule has 0 radical (unpaired) electrons. The highest BCUT2D eigenvalue weighted by Gasteiger charge is 2.41. The van der Waals surface area contributed by atoms with Gasteiger partial charge in [0, 0.05) is 12.4 Å². The second-order valence-electron chi connectivity index (χ2n) is 6.56. The quantitative estimate of drug-likeness (QED) is 0.642. The van der Waals surface area contributed by atoms with Crippen molar-refractivity contribution in [2.75, 3.05) is 20.2 Å². The van der Waals surface area contributed by atoms with Gasteiger partial charge in [-0.05, 0) is 50.2 Å². The van der Waals surface area contributed by atoms with E-state index in [0.29, 0.717) is 23.0 Å². The van der Waals surface area contributed by atoms with Crippen LogP contribution < -0.4 is 10.1 Å². The van der Waals surface area contributed by atoms with Crippen LogP contribution in [0.2, 0.25) is 0 Å². The highest BCUT2D eigenvalue weighted by Crippen LogP contribution is 2.33. The topological polar surface area (TPSA) is 104 Å². The Bertz CT molecular complexity index is 931. The molecule has 0 amide bonds. The number of nitrogens with one attached hydrogen (secondary N) is 1. The van der Waals surface area contributed by atoms with E-state index in [0.717, 1.165) is 25.9 Å². The maximum atomic E-state index is 11.6. The molecule has 4 rings (SSSR count). The molecular formula is C19H21N5O4. The second kappa shape index (κ2) is 7.81. The van der Waals surface area contributed by atoms with Gasteiger partial charge in [-0.1, -0.05) is 11.2 Å². The normalized spacial score (nSPS) is 15.9. The zero-order valence-electron chi connectivity index (χ0n) is 15.5. The molecule has 28 heavy (non-hydrogen) atoms. The van der Waals surface area contributed by atoms with Crippen molar-refractivity contribution in [3.63, 3.8) is 0 Å². The highest BCUT2D eigenvalue weighted by molar-refractivity contribution is 5.89. The maximum absolute atomic E-state index is 11.6. The standard InChI is InChI=1S/C19H21N5O4/c1-26-17(25)14-4-2-5-15(12-14)27-13-16-22-18(28-23-16)19(6-9-20-10-7-19)24-11-3-8-21-24/h2-5,8,11-12,20H,6-7,9-10,13H2,1H3. The van der Waals surface area contributed by atoms with Gasteiger partial charge in [-0.25, -0.2) is 4.79 Å². The van der Waals surface area contributed by atoms with E-state index in [9.17, 15) is 4.79 Å². The highest BCUT2D eigenvalue weighted by atomic mass is 16.5. The first-order valence-electron chi connectivity index (χ1n) is 9.06. The lowest BCUT2D eigenvalue weighted by Gasteiger charge is -2.34. The van der Waals surface area contributed by atoms with E-state index >= 15 is 0 Å². The average Bonchev–Trinajstić information content (AvgIpc) is 3.45. The SMILES string of the molecule is COC(=O)c1cccc(OCc2noc(C3(n4cccn4)CCNCC3)n2)c1. The number of esters is 1. The summed E-state index contributed by atoms with van der Waals surface area (Å²) in [7, 11) is 1.34. The van der Waals surface area contributed by atoms with Crippen LogP contribution in [0, 0.1) is 0 Å². The molecule has 0 saturated carbocycles. The zero-order valence-corrected chi connectivity index (χ0v) is 15.5. The molecule has 1 fully saturated rings. The van der Waals surface area contributed by atoms with E-state index in [2.05, 4.69) is 20.6 Å². The predicted molar refractivity (Wildman–Crippen MR) is 97.8 cm³/mol. The Morgan fingerprint density at radius 1 is 1.32 bits per heavy atom. The van der Waals surface area contributed by atoms with E-state index < -0.39 is 11.5 Å². The number of aromatic nitrogens is 4. The molecule has 0 aliphatic carbocycles. The minimum Gasteiger partial charge on any atom is -0.485 e. The summed E-state index contributed by atoms with van der Waals surface area (Å²) >= 11 is 0. The van der Waals surface area contributed by atoms with Crippen molar-refractivity contribution in [1.82, 2.24) is 25.2 Å². The number of ether oxygens (including phenoxy) is 2. The van der Waals surface area contributed by atoms with Gasteiger partial charge in [-0.3, -0.25) is 4.68 Å². The third-order valence-electron chi connectivity index (χ3n) is 4.86. The zero-order chi connectivity index (χ0) is 19.4. The summed E-state index contributed by atoms with van der Waals surface area (Å²) < 4.78 is 17.9. The van der Waals surface area contributed by atoms with E-state index in [4.69, 9.17) is 14.0 Å². The van der Waals surface area contributed by atoms with Gasteiger partial charge in [0.2, 0.25) is 5.82 Å². The molecule has 1 aliphatic heterocycles. The fourth-order valence-electron chi connectivity index (χ4n) is 3.38. The van der Waals surface area contributed by atoms with Crippen molar-refractivity contribution in [3.05, 3.63) is 60.0 Å². The van der Waals surface area contributed by atoms with Crippen molar-refractivity contribution in [2.24, 2.45) is 0 Å². The number of carbonyl (C=O) groups excluding carboxylic acids is 1. The van der Waals surface area contributed by atoms with Gasteiger partial charge < -0.3 is 19.3 Å². The van der Waals surface area contributed by atoms with Crippen LogP contribution in [-0.2, 0) is 16.9 Å². The number of hydrogen-bond donors (Lipinski definition) is 1. The summed E-state index contributed by atoms with van der Waals surface area (Å²) in [6.07, 6.45) is 5.28. The lowest BCUT2D eigenvalue weighted by Crippen LogP contribution is -2.45. The van der Waals surface area contributed by atoms with Gasteiger partial charge in [0.1, 0.15) is 11.3 Å². The number of benzene rings is 1. The van der Waals surface area contributed by atoms with Crippen molar-refractivity contribution in [1.29, 1.82) is 0 Å². The number of hydrogen-bond acceptors (Lipinski definition) is 8. The van der Waals surface area contributed by atoms with Gasteiger partial charge >= 0.3 is 5.97 Å². The number of piperidine rings is 1. The fraction of sp³-hybridized carbons (Fsp3) is 0.368.